The minimum absolute atomic E-state index is 0.587. The standard InChI is InChI=1S/C10H18N4/c1-3-14-10(12-7-13-14)6-9(11-2)8-4-5-8/h7-9,11H,3-6H2,1-2H3. The molecule has 0 radical (unpaired) electrons. The summed E-state index contributed by atoms with van der Waals surface area (Å²) in [6.45, 7) is 3.01. The molecular weight excluding hydrogens is 176 g/mol. The Balaban J connectivity index is 2.00. The predicted molar refractivity (Wildman–Crippen MR) is 55.0 cm³/mol. The van der Waals surface area contributed by atoms with Crippen LogP contribution < -0.4 is 5.32 Å². The molecule has 1 heterocycles. The van der Waals surface area contributed by atoms with Crippen molar-refractivity contribution in [1.29, 1.82) is 0 Å². The first-order valence-corrected chi connectivity index (χ1v) is 5.39. The number of hydrogen-bond acceptors (Lipinski definition) is 3. The quantitative estimate of drug-likeness (QED) is 0.755. The third kappa shape index (κ3) is 1.95. The SMILES string of the molecule is CCn1ncnc1CC(NC)C1CC1. The number of nitrogens with one attached hydrogen (secondary N) is 1. The van der Waals surface area contributed by atoms with Gasteiger partial charge < -0.3 is 5.32 Å². The molecule has 1 fully saturated rings. The van der Waals surface area contributed by atoms with Gasteiger partial charge in [0.2, 0.25) is 0 Å². The van der Waals surface area contributed by atoms with Gasteiger partial charge in [0.25, 0.3) is 0 Å². The van der Waals surface area contributed by atoms with Crippen LogP contribution in [0.1, 0.15) is 25.6 Å². The fraction of sp³-hybridized carbons (Fsp3) is 0.800. The molecule has 0 bridgehead atoms. The smallest absolute Gasteiger partial charge is 0.138 e. The molecule has 0 aliphatic heterocycles. The fourth-order valence-electron chi connectivity index (χ4n) is 1.91. The molecule has 1 N–H and O–H groups in total. The first-order valence-electron chi connectivity index (χ1n) is 5.39. The molecule has 0 amide bonds. The molecule has 4 heteroatoms. The molecule has 1 unspecified atom stereocenters. The van der Waals surface area contributed by atoms with E-state index in [4.69, 9.17) is 0 Å². The largest absolute Gasteiger partial charge is 0.316 e. The molecule has 1 aliphatic carbocycles. The summed E-state index contributed by atoms with van der Waals surface area (Å²) < 4.78 is 1.98. The molecule has 2 rings (SSSR count). The highest BCUT2D eigenvalue weighted by Crippen LogP contribution is 2.33. The minimum Gasteiger partial charge on any atom is -0.316 e. The van der Waals surface area contributed by atoms with Crippen LogP contribution in [0.5, 0.6) is 0 Å². The van der Waals surface area contributed by atoms with Gasteiger partial charge in [-0.05, 0) is 32.7 Å². The highest BCUT2D eigenvalue weighted by molar-refractivity contribution is 4.95. The number of likely N-dealkylation sites (N-methyl/N-ethyl adjacent to an activating group) is 1. The molecule has 1 aromatic rings. The Hall–Kier alpha value is -0.900. The normalized spacial score (nSPS) is 18.4. The van der Waals surface area contributed by atoms with Crippen molar-refractivity contribution in [2.75, 3.05) is 7.05 Å². The number of hydrogen-bond donors (Lipinski definition) is 1. The van der Waals surface area contributed by atoms with Crippen LogP contribution in [-0.2, 0) is 13.0 Å². The van der Waals surface area contributed by atoms with E-state index in [0.717, 1.165) is 24.7 Å². The van der Waals surface area contributed by atoms with Crippen LogP contribution in [0.4, 0.5) is 0 Å². The van der Waals surface area contributed by atoms with E-state index < -0.39 is 0 Å². The molecular formula is C10H18N4. The molecule has 1 aromatic heterocycles. The van der Waals surface area contributed by atoms with Gasteiger partial charge in [0, 0.05) is 19.0 Å². The van der Waals surface area contributed by atoms with E-state index in [2.05, 4.69) is 22.3 Å². The maximum Gasteiger partial charge on any atom is 0.138 e. The Bertz CT molecular complexity index is 290. The molecule has 1 aliphatic rings. The highest BCUT2D eigenvalue weighted by atomic mass is 15.3. The van der Waals surface area contributed by atoms with Gasteiger partial charge in [0.15, 0.2) is 0 Å². The average Bonchev–Trinajstić information content (AvgIpc) is 2.95. The van der Waals surface area contributed by atoms with Crippen LogP contribution in [0.15, 0.2) is 6.33 Å². The summed E-state index contributed by atoms with van der Waals surface area (Å²) in [5.74, 6) is 1.97. The van der Waals surface area contributed by atoms with Gasteiger partial charge in [0.05, 0.1) is 0 Å². The van der Waals surface area contributed by atoms with Crippen LogP contribution in [0.3, 0.4) is 0 Å². The van der Waals surface area contributed by atoms with Gasteiger partial charge >= 0.3 is 0 Å². The monoisotopic (exact) mass is 194 g/mol. The Morgan fingerprint density at radius 2 is 2.43 bits per heavy atom. The summed E-state index contributed by atoms with van der Waals surface area (Å²) in [5.41, 5.74) is 0. The van der Waals surface area contributed by atoms with Crippen molar-refractivity contribution in [3.8, 4) is 0 Å². The van der Waals surface area contributed by atoms with E-state index >= 15 is 0 Å². The van der Waals surface area contributed by atoms with Crippen LogP contribution in [-0.4, -0.2) is 27.9 Å². The second-order valence-corrected chi connectivity index (χ2v) is 3.93. The maximum absolute atomic E-state index is 4.30. The second-order valence-electron chi connectivity index (χ2n) is 3.93. The summed E-state index contributed by atoms with van der Waals surface area (Å²) in [6.07, 6.45) is 5.39. The summed E-state index contributed by atoms with van der Waals surface area (Å²) in [7, 11) is 2.04. The molecule has 14 heavy (non-hydrogen) atoms. The summed E-state index contributed by atoms with van der Waals surface area (Å²) in [5, 5.41) is 7.55. The van der Waals surface area contributed by atoms with E-state index in [-0.39, 0.29) is 0 Å². The highest BCUT2D eigenvalue weighted by Gasteiger charge is 2.30. The first kappa shape index (κ1) is 9.65. The fourth-order valence-corrected chi connectivity index (χ4v) is 1.91. The van der Waals surface area contributed by atoms with Crippen molar-refractivity contribution < 1.29 is 0 Å². The van der Waals surface area contributed by atoms with Gasteiger partial charge in [-0.15, -0.1) is 0 Å². The summed E-state index contributed by atoms with van der Waals surface area (Å²) >= 11 is 0. The minimum atomic E-state index is 0.587. The van der Waals surface area contributed by atoms with E-state index in [1.165, 1.54) is 12.8 Å². The number of nitrogens with zero attached hydrogens (tertiary/aromatic N) is 3. The van der Waals surface area contributed by atoms with Crippen LogP contribution >= 0.6 is 0 Å². The van der Waals surface area contributed by atoms with Crippen molar-refractivity contribution in [3.05, 3.63) is 12.2 Å². The Morgan fingerprint density at radius 3 is 3.00 bits per heavy atom. The van der Waals surface area contributed by atoms with Gasteiger partial charge in [-0.1, -0.05) is 0 Å². The zero-order valence-corrected chi connectivity index (χ0v) is 8.90. The lowest BCUT2D eigenvalue weighted by atomic mass is 10.1. The van der Waals surface area contributed by atoms with Gasteiger partial charge in [-0.2, -0.15) is 5.10 Å². The van der Waals surface area contributed by atoms with E-state index in [0.29, 0.717) is 6.04 Å². The Kier molecular flexibility index (Phi) is 2.82. The van der Waals surface area contributed by atoms with E-state index in [1.54, 1.807) is 6.33 Å². The lowest BCUT2D eigenvalue weighted by molar-refractivity contribution is 0.472. The molecule has 78 valence electrons. The van der Waals surface area contributed by atoms with Crippen molar-refractivity contribution in [2.24, 2.45) is 5.92 Å². The van der Waals surface area contributed by atoms with Crippen molar-refractivity contribution in [3.63, 3.8) is 0 Å². The summed E-state index contributed by atoms with van der Waals surface area (Å²) in [4.78, 5) is 4.30. The summed E-state index contributed by atoms with van der Waals surface area (Å²) in [6, 6.07) is 0.587. The van der Waals surface area contributed by atoms with Crippen molar-refractivity contribution in [1.82, 2.24) is 20.1 Å². The Labute approximate surface area is 84.7 Å². The van der Waals surface area contributed by atoms with E-state index in [9.17, 15) is 0 Å². The molecule has 1 saturated carbocycles. The Morgan fingerprint density at radius 1 is 1.64 bits per heavy atom. The second kappa shape index (κ2) is 4.09. The van der Waals surface area contributed by atoms with Crippen molar-refractivity contribution in [2.45, 2.75) is 38.8 Å². The van der Waals surface area contributed by atoms with Crippen molar-refractivity contribution >= 4 is 0 Å². The third-order valence-electron chi connectivity index (χ3n) is 2.96. The lowest BCUT2D eigenvalue weighted by Gasteiger charge is -2.14. The number of rotatable bonds is 5. The van der Waals surface area contributed by atoms with E-state index in [1.807, 2.05) is 11.7 Å². The molecule has 4 nitrogen and oxygen atoms in total. The first-order chi connectivity index (χ1) is 6.85. The predicted octanol–water partition coefficient (Wildman–Crippen LogP) is 0.838. The molecule has 0 spiro atoms. The van der Waals surface area contributed by atoms with Crippen LogP contribution in [0.25, 0.3) is 0 Å². The topological polar surface area (TPSA) is 42.7 Å². The van der Waals surface area contributed by atoms with Crippen LogP contribution in [0.2, 0.25) is 0 Å². The van der Waals surface area contributed by atoms with Gasteiger partial charge in [-0.25, -0.2) is 4.98 Å². The third-order valence-corrected chi connectivity index (χ3v) is 2.96. The average molecular weight is 194 g/mol. The van der Waals surface area contributed by atoms with Gasteiger partial charge in [0.1, 0.15) is 12.2 Å². The molecule has 1 atom stereocenters. The lowest BCUT2D eigenvalue weighted by Crippen LogP contribution is -2.31. The van der Waals surface area contributed by atoms with Gasteiger partial charge in [-0.3, -0.25) is 4.68 Å². The number of aryl methyl sites for hydroxylation is 1. The zero-order chi connectivity index (χ0) is 9.97. The molecule has 0 saturated heterocycles. The zero-order valence-electron chi connectivity index (χ0n) is 8.90. The maximum atomic E-state index is 4.30. The van der Waals surface area contributed by atoms with Crippen LogP contribution in [0, 0.1) is 5.92 Å². The number of aromatic nitrogens is 3. The molecule has 0 aromatic carbocycles.